The fourth-order valence-corrected chi connectivity index (χ4v) is 6.52. The van der Waals surface area contributed by atoms with Crippen molar-refractivity contribution >= 4 is 17.9 Å². The number of alkyl carbamates (subject to hydrolysis) is 1. The number of carbonyl (C=O) groups excluding carboxylic acids is 3. The predicted molar refractivity (Wildman–Crippen MR) is 192 cm³/mol. The molecule has 11 nitrogen and oxygen atoms in total. The molecule has 6 rings (SSSR count). The highest BCUT2D eigenvalue weighted by atomic mass is 16.7. The van der Waals surface area contributed by atoms with Crippen molar-refractivity contribution in [2.75, 3.05) is 13.6 Å². The van der Waals surface area contributed by atoms with Gasteiger partial charge in [-0.25, -0.2) is 4.79 Å². The van der Waals surface area contributed by atoms with Gasteiger partial charge in [0.1, 0.15) is 12.6 Å². The summed E-state index contributed by atoms with van der Waals surface area (Å²) < 4.78 is 18.3. The SMILES string of the molecule is C[C@H]([C@@H](O)c1ccccc1)N(C)C[C@H]1C[C@@H](c2ccc(CO)cc2)O[C@@H](c2ccc(CN3C(=O)CC(NC(=O)OCc4ccccc4)C3=O)cc2)O1. The number of likely N-dealkylation sites (tertiary alicyclic amines) is 1. The third-order valence-corrected chi connectivity index (χ3v) is 9.74. The normalized spacial score (nSPS) is 21.6. The predicted octanol–water partition coefficient (Wildman–Crippen LogP) is 5.33. The van der Waals surface area contributed by atoms with Crippen LogP contribution in [-0.4, -0.2) is 69.7 Å². The number of benzene rings is 4. The number of ether oxygens (including phenoxy) is 3. The molecule has 2 fully saturated rings. The molecule has 4 aromatic carbocycles. The van der Waals surface area contributed by atoms with Crippen LogP contribution in [0.1, 0.15) is 71.6 Å². The van der Waals surface area contributed by atoms with E-state index in [4.69, 9.17) is 14.2 Å². The van der Waals surface area contributed by atoms with Crippen LogP contribution in [0.4, 0.5) is 4.79 Å². The lowest BCUT2D eigenvalue weighted by Crippen LogP contribution is -2.43. The van der Waals surface area contributed by atoms with E-state index in [1.807, 2.05) is 123 Å². The number of hydrogen-bond donors (Lipinski definition) is 3. The lowest BCUT2D eigenvalue weighted by Gasteiger charge is -2.39. The Balaban J connectivity index is 1.10. The summed E-state index contributed by atoms with van der Waals surface area (Å²) in [4.78, 5) is 41.5. The highest BCUT2D eigenvalue weighted by molar-refractivity contribution is 6.06. The van der Waals surface area contributed by atoms with E-state index in [-0.39, 0.29) is 50.3 Å². The Labute approximate surface area is 303 Å². The van der Waals surface area contributed by atoms with Crippen LogP contribution in [-0.2, 0) is 43.6 Å². The zero-order valence-electron chi connectivity index (χ0n) is 29.3. The van der Waals surface area contributed by atoms with Crippen LogP contribution in [0, 0.1) is 0 Å². The summed E-state index contributed by atoms with van der Waals surface area (Å²) >= 11 is 0. The summed E-state index contributed by atoms with van der Waals surface area (Å²) in [5, 5.41) is 23.2. The molecule has 6 atom stereocenters. The van der Waals surface area contributed by atoms with E-state index in [9.17, 15) is 24.6 Å². The van der Waals surface area contributed by atoms with Crippen molar-refractivity contribution in [1.82, 2.24) is 15.1 Å². The van der Waals surface area contributed by atoms with Gasteiger partial charge in [-0.3, -0.25) is 19.4 Å². The molecule has 52 heavy (non-hydrogen) atoms. The number of nitrogens with zero attached hydrogens (tertiary/aromatic N) is 2. The minimum absolute atomic E-state index is 0.0496. The van der Waals surface area contributed by atoms with Crippen LogP contribution in [0.5, 0.6) is 0 Å². The number of aliphatic hydroxyl groups excluding tert-OH is 2. The standard InChI is InChI=1S/C41H45N3O8/c1-27(38(47)32-11-7-4-8-12-32)43(2)24-34-21-36(31-17-15-29(25-45)16-18-31)52-40(51-34)33-19-13-28(14-20-33)23-44-37(46)22-35(39(44)48)42-41(49)50-26-30-9-5-3-6-10-30/h3-20,27,34-36,38,40,45,47H,21-26H2,1-2H3,(H,42,49)/t27-,34-,35?,36+,38-,40+/m1/s1. The maximum absolute atomic E-state index is 13.1. The van der Waals surface area contributed by atoms with E-state index in [0.717, 1.165) is 38.3 Å². The number of carbonyl (C=O) groups is 3. The average Bonchev–Trinajstić information content (AvgIpc) is 3.44. The minimum Gasteiger partial charge on any atom is -0.445 e. The minimum atomic E-state index is -0.992. The number of aliphatic hydroxyl groups is 2. The van der Waals surface area contributed by atoms with Gasteiger partial charge in [-0.1, -0.05) is 109 Å². The van der Waals surface area contributed by atoms with Crippen molar-refractivity contribution in [2.45, 2.75) is 76.2 Å². The van der Waals surface area contributed by atoms with Crippen molar-refractivity contribution in [3.8, 4) is 0 Å². The van der Waals surface area contributed by atoms with Gasteiger partial charge in [-0.2, -0.15) is 0 Å². The Hall–Kier alpha value is -4.91. The van der Waals surface area contributed by atoms with Crippen LogP contribution in [0.15, 0.2) is 109 Å². The monoisotopic (exact) mass is 707 g/mol. The average molecular weight is 708 g/mol. The Morgan fingerprint density at radius 1 is 0.885 bits per heavy atom. The molecule has 11 heteroatoms. The number of nitrogens with one attached hydrogen (secondary N) is 1. The highest BCUT2D eigenvalue weighted by Gasteiger charge is 2.40. The molecule has 0 radical (unpaired) electrons. The number of amides is 3. The zero-order valence-corrected chi connectivity index (χ0v) is 29.3. The lowest BCUT2D eigenvalue weighted by molar-refractivity contribution is -0.253. The van der Waals surface area contributed by atoms with Gasteiger partial charge >= 0.3 is 6.09 Å². The summed E-state index contributed by atoms with van der Waals surface area (Å²) in [6, 6.07) is 32.7. The van der Waals surface area contributed by atoms with Gasteiger partial charge in [0, 0.05) is 24.6 Å². The third-order valence-electron chi connectivity index (χ3n) is 9.74. The van der Waals surface area contributed by atoms with Crippen LogP contribution >= 0.6 is 0 Å². The molecule has 3 amide bonds. The summed E-state index contributed by atoms with van der Waals surface area (Å²) in [7, 11) is 1.97. The van der Waals surface area contributed by atoms with Crippen molar-refractivity contribution in [2.24, 2.45) is 0 Å². The molecule has 1 unspecified atom stereocenters. The second kappa shape index (κ2) is 17.1. The fraction of sp³-hybridized carbons (Fsp3) is 0.341. The topological polar surface area (TPSA) is 138 Å². The van der Waals surface area contributed by atoms with Gasteiger partial charge < -0.3 is 29.7 Å². The molecule has 272 valence electrons. The first kappa shape index (κ1) is 36.9. The highest BCUT2D eigenvalue weighted by Crippen LogP contribution is 2.38. The molecule has 0 spiro atoms. The van der Waals surface area contributed by atoms with Crippen molar-refractivity contribution < 1.29 is 38.8 Å². The van der Waals surface area contributed by atoms with Crippen molar-refractivity contribution in [3.05, 3.63) is 143 Å². The number of rotatable bonds is 13. The number of imide groups is 1. The molecule has 0 saturated carbocycles. The fourth-order valence-electron chi connectivity index (χ4n) is 6.52. The Morgan fingerprint density at radius 2 is 1.52 bits per heavy atom. The van der Waals surface area contributed by atoms with Gasteiger partial charge in [0.05, 0.1) is 37.9 Å². The maximum atomic E-state index is 13.1. The van der Waals surface area contributed by atoms with Crippen LogP contribution in [0.2, 0.25) is 0 Å². The molecule has 3 N–H and O–H groups in total. The lowest BCUT2D eigenvalue weighted by atomic mass is 9.98. The Bertz CT molecular complexity index is 1790. The molecule has 0 bridgehead atoms. The largest absolute Gasteiger partial charge is 0.445 e. The van der Waals surface area contributed by atoms with E-state index in [1.165, 1.54) is 0 Å². The molecule has 2 saturated heterocycles. The smallest absolute Gasteiger partial charge is 0.408 e. The van der Waals surface area contributed by atoms with Gasteiger partial charge in [0.25, 0.3) is 5.91 Å². The summed E-state index contributed by atoms with van der Waals surface area (Å²) in [6.45, 7) is 2.59. The van der Waals surface area contributed by atoms with Crippen LogP contribution < -0.4 is 5.32 Å². The Morgan fingerprint density at radius 3 is 2.19 bits per heavy atom. The molecular formula is C41H45N3O8. The number of likely N-dealkylation sites (N-methyl/N-ethyl adjacent to an activating group) is 1. The molecule has 2 aliphatic rings. The molecule has 0 aromatic heterocycles. The molecule has 4 aromatic rings. The van der Waals surface area contributed by atoms with Gasteiger partial charge in [0.15, 0.2) is 6.29 Å². The molecular weight excluding hydrogens is 662 g/mol. The second-order valence-corrected chi connectivity index (χ2v) is 13.4. The van der Waals surface area contributed by atoms with Crippen LogP contribution in [0.3, 0.4) is 0 Å². The van der Waals surface area contributed by atoms with E-state index < -0.39 is 30.4 Å². The van der Waals surface area contributed by atoms with E-state index in [1.54, 1.807) is 0 Å². The molecule has 2 aliphatic heterocycles. The van der Waals surface area contributed by atoms with E-state index >= 15 is 0 Å². The summed E-state index contributed by atoms with van der Waals surface area (Å²) in [5.74, 6) is -0.867. The van der Waals surface area contributed by atoms with Crippen molar-refractivity contribution in [3.63, 3.8) is 0 Å². The maximum Gasteiger partial charge on any atom is 0.408 e. The number of hydrogen-bond acceptors (Lipinski definition) is 9. The van der Waals surface area contributed by atoms with Crippen LogP contribution in [0.25, 0.3) is 0 Å². The second-order valence-electron chi connectivity index (χ2n) is 13.4. The summed E-state index contributed by atoms with van der Waals surface area (Å²) in [5.41, 5.74) is 4.92. The Kier molecular flexibility index (Phi) is 12.1. The molecule has 2 heterocycles. The molecule has 0 aliphatic carbocycles. The zero-order chi connectivity index (χ0) is 36.6. The van der Waals surface area contributed by atoms with Gasteiger partial charge in [-0.15, -0.1) is 0 Å². The van der Waals surface area contributed by atoms with Crippen molar-refractivity contribution in [1.29, 1.82) is 0 Å². The van der Waals surface area contributed by atoms with Gasteiger partial charge in [-0.05, 0) is 41.8 Å². The summed E-state index contributed by atoms with van der Waals surface area (Å²) in [6.07, 6.45) is -2.22. The third kappa shape index (κ3) is 9.11. The van der Waals surface area contributed by atoms with E-state index in [2.05, 4.69) is 10.2 Å². The quantitative estimate of drug-likeness (QED) is 0.158. The first-order valence-corrected chi connectivity index (χ1v) is 17.5. The van der Waals surface area contributed by atoms with Gasteiger partial charge in [0.2, 0.25) is 5.91 Å². The first-order chi connectivity index (χ1) is 25.2. The first-order valence-electron chi connectivity index (χ1n) is 17.5. The van der Waals surface area contributed by atoms with E-state index in [0.29, 0.717) is 13.0 Å².